The van der Waals surface area contributed by atoms with Crippen molar-refractivity contribution in [2.24, 2.45) is 0 Å². The normalized spacial score (nSPS) is 18.2. The lowest BCUT2D eigenvalue weighted by molar-refractivity contribution is 0.164. The average Bonchev–Trinajstić information content (AvgIpc) is 3.44. The highest BCUT2D eigenvalue weighted by Crippen LogP contribution is 2.34. The van der Waals surface area contributed by atoms with Crippen molar-refractivity contribution >= 4 is 28.3 Å². The molecule has 1 unspecified atom stereocenters. The number of pyridine rings is 1. The van der Waals surface area contributed by atoms with Crippen LogP contribution in [0.25, 0.3) is 22.3 Å². The van der Waals surface area contributed by atoms with E-state index in [4.69, 9.17) is 4.42 Å². The van der Waals surface area contributed by atoms with E-state index in [0.717, 1.165) is 33.4 Å². The van der Waals surface area contributed by atoms with Crippen LogP contribution in [0.4, 0.5) is 6.01 Å². The number of hydrogen-bond acceptors (Lipinski definition) is 6. The Morgan fingerprint density at radius 2 is 2.00 bits per heavy atom. The number of hydrogen-bond donors (Lipinski definition) is 2. The highest BCUT2D eigenvalue weighted by Gasteiger charge is 2.31. The highest BCUT2D eigenvalue weighted by atomic mass is 16.4. The van der Waals surface area contributed by atoms with Gasteiger partial charge in [-0.05, 0) is 41.0 Å². The molecular weight excluding hydrogens is 378 g/mol. The molecule has 0 saturated heterocycles. The average molecular weight is 397 g/mol. The number of anilines is 1. The molecule has 7 nitrogen and oxygen atoms in total. The number of benzene rings is 2. The number of imidazole rings is 1. The Kier molecular flexibility index (Phi) is 3.82. The number of nitrogens with one attached hydrogen (secondary N) is 1. The molecule has 3 heterocycles. The van der Waals surface area contributed by atoms with Crippen molar-refractivity contribution in [3.8, 4) is 0 Å². The topological polar surface area (TPSA) is 89.0 Å². The number of fused-ring (bicyclic) bond motifs is 3. The minimum atomic E-state index is -0.505. The molecule has 0 amide bonds. The third kappa shape index (κ3) is 2.83. The number of nitrogens with zero attached hydrogens (tertiary/aromatic N) is 4. The van der Waals surface area contributed by atoms with Gasteiger partial charge in [0.2, 0.25) is 0 Å². The van der Waals surface area contributed by atoms with Crippen LogP contribution in [-0.4, -0.2) is 30.7 Å². The molecule has 0 saturated carbocycles. The monoisotopic (exact) mass is 397 g/mol. The van der Waals surface area contributed by atoms with Crippen LogP contribution in [0.15, 0.2) is 71.5 Å². The van der Waals surface area contributed by atoms with E-state index in [0.29, 0.717) is 24.6 Å². The van der Waals surface area contributed by atoms with Crippen LogP contribution in [0, 0.1) is 0 Å². The van der Waals surface area contributed by atoms with Crippen LogP contribution < -0.4 is 5.32 Å². The number of aliphatic hydroxyl groups excluding tert-OH is 1. The second-order valence-corrected chi connectivity index (χ2v) is 7.63. The fraction of sp³-hybridized carbons (Fsp3) is 0.174. The van der Waals surface area contributed by atoms with E-state index in [1.165, 1.54) is 0 Å². The van der Waals surface area contributed by atoms with Gasteiger partial charge in [-0.2, -0.15) is 4.98 Å². The van der Waals surface area contributed by atoms with Gasteiger partial charge in [-0.25, -0.2) is 9.97 Å². The maximum atomic E-state index is 10.5. The molecule has 3 aromatic heterocycles. The number of rotatable bonds is 4. The molecule has 0 spiro atoms. The first kappa shape index (κ1) is 17.2. The predicted molar refractivity (Wildman–Crippen MR) is 113 cm³/mol. The van der Waals surface area contributed by atoms with Crippen molar-refractivity contribution in [2.75, 3.05) is 5.32 Å². The van der Waals surface area contributed by atoms with Gasteiger partial charge in [-0.3, -0.25) is 0 Å². The van der Waals surface area contributed by atoms with Gasteiger partial charge < -0.3 is 19.4 Å². The first-order valence-electron chi connectivity index (χ1n) is 9.92. The summed E-state index contributed by atoms with van der Waals surface area (Å²) in [4.78, 5) is 13.4. The molecule has 30 heavy (non-hydrogen) atoms. The highest BCUT2D eigenvalue weighted by molar-refractivity contribution is 5.75. The zero-order valence-electron chi connectivity index (χ0n) is 16.1. The van der Waals surface area contributed by atoms with Gasteiger partial charge in [0.15, 0.2) is 11.2 Å². The summed E-state index contributed by atoms with van der Waals surface area (Å²) < 4.78 is 7.98. The number of aliphatic hydroxyl groups is 1. The maximum absolute atomic E-state index is 10.5. The van der Waals surface area contributed by atoms with Gasteiger partial charge >= 0.3 is 0 Å². The van der Waals surface area contributed by atoms with E-state index >= 15 is 0 Å². The molecule has 2 atom stereocenters. The lowest BCUT2D eigenvalue weighted by Crippen LogP contribution is -2.21. The van der Waals surface area contributed by atoms with Crippen LogP contribution >= 0.6 is 0 Å². The second-order valence-electron chi connectivity index (χ2n) is 7.63. The second kappa shape index (κ2) is 6.67. The standard InChI is InChI=1S/C23H19N5O2/c29-19-11-15-4-1-2-5-16(15)21(19)27-23-26-17-8-7-14(10-20(17)30-23)12-28-13-25-18-6-3-9-24-22(18)28/h1-10,13,19,21,29H,11-12H2,(H,26,27)/t19-,21?/m1/s1. The Hall–Kier alpha value is -3.71. The van der Waals surface area contributed by atoms with Crippen LogP contribution in [-0.2, 0) is 13.0 Å². The van der Waals surface area contributed by atoms with E-state index in [1.807, 2.05) is 59.2 Å². The Labute approximate surface area is 172 Å². The molecule has 2 N–H and O–H groups in total. The van der Waals surface area contributed by atoms with Crippen molar-refractivity contribution in [3.63, 3.8) is 0 Å². The van der Waals surface area contributed by atoms with E-state index < -0.39 is 6.10 Å². The first-order valence-corrected chi connectivity index (χ1v) is 9.92. The summed E-state index contributed by atoms with van der Waals surface area (Å²) in [5.74, 6) is 0. The third-order valence-electron chi connectivity index (χ3n) is 5.66. The Bertz CT molecular complexity index is 1370. The molecule has 0 fully saturated rings. The van der Waals surface area contributed by atoms with E-state index in [2.05, 4.69) is 20.3 Å². The fourth-order valence-electron chi connectivity index (χ4n) is 4.22. The van der Waals surface area contributed by atoms with Crippen LogP contribution in [0.1, 0.15) is 22.7 Å². The van der Waals surface area contributed by atoms with Crippen molar-refractivity contribution < 1.29 is 9.52 Å². The Morgan fingerprint density at radius 1 is 1.07 bits per heavy atom. The van der Waals surface area contributed by atoms with Crippen LogP contribution in [0.2, 0.25) is 0 Å². The molecule has 2 aromatic carbocycles. The van der Waals surface area contributed by atoms with E-state index in [-0.39, 0.29) is 6.04 Å². The van der Waals surface area contributed by atoms with E-state index in [9.17, 15) is 5.11 Å². The molecule has 0 aliphatic heterocycles. The van der Waals surface area contributed by atoms with E-state index in [1.54, 1.807) is 12.5 Å². The number of aromatic nitrogens is 4. The predicted octanol–water partition coefficient (Wildman–Crippen LogP) is 3.69. The smallest absolute Gasteiger partial charge is 0.296 e. The van der Waals surface area contributed by atoms with Crippen molar-refractivity contribution in [1.82, 2.24) is 19.5 Å². The summed E-state index contributed by atoms with van der Waals surface area (Å²) in [6, 6.07) is 18.1. The summed E-state index contributed by atoms with van der Waals surface area (Å²) in [6.07, 6.45) is 3.70. The van der Waals surface area contributed by atoms with Gasteiger partial charge in [0.1, 0.15) is 11.0 Å². The van der Waals surface area contributed by atoms with Crippen LogP contribution in [0.5, 0.6) is 0 Å². The number of oxazole rings is 1. The molecule has 6 rings (SSSR count). The Morgan fingerprint density at radius 3 is 2.97 bits per heavy atom. The van der Waals surface area contributed by atoms with Crippen molar-refractivity contribution in [1.29, 1.82) is 0 Å². The molecule has 1 aliphatic carbocycles. The van der Waals surface area contributed by atoms with Crippen LogP contribution in [0.3, 0.4) is 0 Å². The molecule has 0 bridgehead atoms. The SMILES string of the molecule is O[C@@H]1Cc2ccccc2C1Nc1nc2ccc(Cn3cnc4cccnc43)cc2o1. The van der Waals surface area contributed by atoms with Gasteiger partial charge in [-0.1, -0.05) is 30.3 Å². The summed E-state index contributed by atoms with van der Waals surface area (Å²) >= 11 is 0. The Balaban J connectivity index is 1.28. The summed E-state index contributed by atoms with van der Waals surface area (Å²) in [7, 11) is 0. The molecule has 7 heteroatoms. The first-order chi connectivity index (χ1) is 14.7. The lowest BCUT2D eigenvalue weighted by atomic mass is 10.1. The third-order valence-corrected chi connectivity index (χ3v) is 5.66. The molecule has 0 radical (unpaired) electrons. The summed E-state index contributed by atoms with van der Waals surface area (Å²) in [5.41, 5.74) is 6.52. The zero-order valence-corrected chi connectivity index (χ0v) is 16.1. The molecule has 1 aliphatic rings. The fourth-order valence-corrected chi connectivity index (χ4v) is 4.22. The maximum Gasteiger partial charge on any atom is 0.296 e. The minimum absolute atomic E-state index is 0.225. The molecule has 5 aromatic rings. The minimum Gasteiger partial charge on any atom is -0.424 e. The van der Waals surface area contributed by atoms with Gasteiger partial charge in [0, 0.05) is 12.6 Å². The summed E-state index contributed by atoms with van der Waals surface area (Å²) in [5, 5.41) is 13.7. The van der Waals surface area contributed by atoms with Gasteiger partial charge in [0.05, 0.1) is 25.0 Å². The quantitative estimate of drug-likeness (QED) is 0.481. The largest absolute Gasteiger partial charge is 0.424 e. The van der Waals surface area contributed by atoms with Crippen molar-refractivity contribution in [2.45, 2.75) is 25.1 Å². The van der Waals surface area contributed by atoms with Gasteiger partial charge in [0.25, 0.3) is 6.01 Å². The zero-order chi connectivity index (χ0) is 20.1. The van der Waals surface area contributed by atoms with Gasteiger partial charge in [-0.15, -0.1) is 0 Å². The van der Waals surface area contributed by atoms with Crippen molar-refractivity contribution in [3.05, 3.63) is 83.8 Å². The lowest BCUT2D eigenvalue weighted by Gasteiger charge is -2.16. The molecule has 148 valence electrons. The summed E-state index contributed by atoms with van der Waals surface area (Å²) in [6.45, 7) is 0.641. The molecular formula is C23H19N5O2.